The van der Waals surface area contributed by atoms with E-state index in [1.54, 1.807) is 18.3 Å². The number of aromatic nitrogens is 2. The van der Waals surface area contributed by atoms with Gasteiger partial charge in [0.05, 0.1) is 5.69 Å². The normalized spacial score (nSPS) is 13.9. The van der Waals surface area contributed by atoms with Crippen molar-refractivity contribution in [2.24, 2.45) is 5.73 Å². The summed E-state index contributed by atoms with van der Waals surface area (Å²) in [6, 6.07) is 15.4. The Morgan fingerprint density at radius 3 is 2.59 bits per heavy atom. The van der Waals surface area contributed by atoms with Gasteiger partial charge in [0.25, 0.3) is 0 Å². The molecule has 7 heteroatoms. The van der Waals surface area contributed by atoms with E-state index < -0.39 is 5.91 Å². The molecule has 148 valence electrons. The van der Waals surface area contributed by atoms with Crippen LogP contribution in [-0.2, 0) is 0 Å². The molecule has 0 unspecified atom stereocenters. The van der Waals surface area contributed by atoms with Crippen LogP contribution in [0.3, 0.4) is 0 Å². The van der Waals surface area contributed by atoms with Crippen LogP contribution in [0.15, 0.2) is 54.7 Å². The third-order valence-corrected chi connectivity index (χ3v) is 4.92. The van der Waals surface area contributed by atoms with Crippen molar-refractivity contribution in [1.82, 2.24) is 15.3 Å². The molecule has 3 aromatic rings. The number of aryl methyl sites for hydroxylation is 1. The molecule has 1 amide bonds. The van der Waals surface area contributed by atoms with E-state index in [2.05, 4.69) is 27.4 Å². The highest BCUT2D eigenvalue weighted by molar-refractivity contribution is 5.94. The second kappa shape index (κ2) is 8.28. The zero-order valence-electron chi connectivity index (χ0n) is 16.4. The lowest BCUT2D eigenvalue weighted by Crippen LogP contribution is -2.44. The highest BCUT2D eigenvalue weighted by atomic mass is 16.1. The van der Waals surface area contributed by atoms with Crippen LogP contribution < -0.4 is 21.3 Å². The third-order valence-electron chi connectivity index (χ3n) is 4.92. The van der Waals surface area contributed by atoms with Gasteiger partial charge in [-0.1, -0.05) is 17.7 Å². The molecule has 1 aliphatic heterocycles. The molecule has 4 rings (SSSR count). The smallest absolute Gasteiger partial charge is 0.248 e. The van der Waals surface area contributed by atoms with Crippen LogP contribution in [0, 0.1) is 6.92 Å². The molecule has 7 nitrogen and oxygen atoms in total. The predicted octanol–water partition coefficient (Wildman–Crippen LogP) is 2.70. The van der Waals surface area contributed by atoms with Crippen molar-refractivity contribution < 1.29 is 4.79 Å². The van der Waals surface area contributed by atoms with E-state index >= 15 is 0 Å². The number of anilines is 3. The maximum absolute atomic E-state index is 11.9. The highest BCUT2D eigenvalue weighted by Crippen LogP contribution is 2.26. The lowest BCUT2D eigenvalue weighted by Gasteiger charge is -2.29. The lowest BCUT2D eigenvalue weighted by molar-refractivity contribution is 0.1000. The number of nitrogens with one attached hydrogen (secondary N) is 2. The summed E-state index contributed by atoms with van der Waals surface area (Å²) >= 11 is 0. The summed E-state index contributed by atoms with van der Waals surface area (Å²) in [5.74, 6) is 1.01. The number of piperazine rings is 1. The molecular formula is C22H24N6O. The molecule has 0 bridgehead atoms. The van der Waals surface area contributed by atoms with Gasteiger partial charge in [-0.25, -0.2) is 9.97 Å². The molecule has 1 aliphatic rings. The minimum absolute atomic E-state index is 0.452. The number of carbonyl (C=O) groups is 1. The molecule has 2 aromatic heterocycles. The van der Waals surface area contributed by atoms with E-state index in [4.69, 9.17) is 10.7 Å². The number of nitrogens with two attached hydrogens (primary N) is 1. The second-order valence-corrected chi connectivity index (χ2v) is 7.12. The van der Waals surface area contributed by atoms with Gasteiger partial charge in [-0.3, -0.25) is 4.79 Å². The Kier molecular flexibility index (Phi) is 5.39. The molecule has 1 saturated heterocycles. The summed E-state index contributed by atoms with van der Waals surface area (Å²) in [6.07, 6.45) is 1.73. The van der Waals surface area contributed by atoms with E-state index in [-0.39, 0.29) is 0 Å². The topological polar surface area (TPSA) is 96.2 Å². The average molecular weight is 388 g/mol. The number of pyridine rings is 2. The molecule has 3 heterocycles. The number of carbonyl (C=O) groups excluding carboxylic acids is 1. The van der Waals surface area contributed by atoms with Crippen molar-refractivity contribution in [2.75, 3.05) is 36.4 Å². The van der Waals surface area contributed by atoms with Gasteiger partial charge in [-0.15, -0.1) is 0 Å². The number of hydrogen-bond donors (Lipinski definition) is 3. The van der Waals surface area contributed by atoms with Crippen LogP contribution >= 0.6 is 0 Å². The third kappa shape index (κ3) is 4.52. The minimum atomic E-state index is -0.461. The predicted molar refractivity (Wildman–Crippen MR) is 116 cm³/mol. The first kappa shape index (κ1) is 18.9. The lowest BCUT2D eigenvalue weighted by atomic mass is 10.1. The van der Waals surface area contributed by atoms with Gasteiger partial charge in [0.2, 0.25) is 5.91 Å². The molecule has 4 N–H and O–H groups in total. The number of hydrogen-bond acceptors (Lipinski definition) is 6. The number of primary amides is 1. The van der Waals surface area contributed by atoms with Crippen LogP contribution in [0.1, 0.15) is 15.9 Å². The molecule has 1 fully saturated rings. The maximum atomic E-state index is 11.9. The summed E-state index contributed by atoms with van der Waals surface area (Å²) in [6.45, 7) is 5.50. The molecule has 1 aromatic carbocycles. The largest absolute Gasteiger partial charge is 0.366 e. The molecule has 29 heavy (non-hydrogen) atoms. The first-order valence-corrected chi connectivity index (χ1v) is 9.66. The summed E-state index contributed by atoms with van der Waals surface area (Å²) in [4.78, 5) is 23.3. The highest BCUT2D eigenvalue weighted by Gasteiger charge is 2.16. The van der Waals surface area contributed by atoms with E-state index in [1.165, 1.54) is 5.56 Å². The maximum Gasteiger partial charge on any atom is 0.248 e. The van der Waals surface area contributed by atoms with Crippen molar-refractivity contribution in [3.63, 3.8) is 0 Å². The van der Waals surface area contributed by atoms with Gasteiger partial charge >= 0.3 is 0 Å². The van der Waals surface area contributed by atoms with Crippen molar-refractivity contribution in [1.29, 1.82) is 0 Å². The standard InChI is InChI=1S/C22H24N6O/c1-15-2-4-18(5-3-15)26-20-13-16(6-7-25-20)19-12-17(22(23)29)14-21(27-19)28-10-8-24-9-11-28/h2-7,12-14,24H,8-11H2,1H3,(H2,23,29)(H,25,26). The summed E-state index contributed by atoms with van der Waals surface area (Å²) < 4.78 is 0. The zero-order chi connectivity index (χ0) is 20.2. The first-order chi connectivity index (χ1) is 14.1. The number of nitrogens with zero attached hydrogens (tertiary/aromatic N) is 3. The van der Waals surface area contributed by atoms with Gasteiger partial charge in [-0.2, -0.15) is 0 Å². The van der Waals surface area contributed by atoms with E-state index in [1.807, 2.05) is 36.4 Å². The average Bonchev–Trinajstić information content (AvgIpc) is 2.76. The van der Waals surface area contributed by atoms with Crippen molar-refractivity contribution >= 4 is 23.2 Å². The van der Waals surface area contributed by atoms with Gasteiger partial charge in [-0.05, 0) is 43.3 Å². The Labute approximate surface area is 170 Å². The Morgan fingerprint density at radius 1 is 1.10 bits per heavy atom. The van der Waals surface area contributed by atoms with Crippen LogP contribution in [0.5, 0.6) is 0 Å². The van der Waals surface area contributed by atoms with Crippen LogP contribution in [0.4, 0.5) is 17.3 Å². The Morgan fingerprint density at radius 2 is 1.86 bits per heavy atom. The van der Waals surface area contributed by atoms with E-state index in [0.29, 0.717) is 17.1 Å². The molecule has 0 spiro atoms. The Balaban J connectivity index is 1.67. The Hall–Kier alpha value is -3.45. The minimum Gasteiger partial charge on any atom is -0.366 e. The van der Waals surface area contributed by atoms with Crippen molar-refractivity contribution in [3.8, 4) is 11.3 Å². The molecule has 0 aliphatic carbocycles. The monoisotopic (exact) mass is 388 g/mol. The second-order valence-electron chi connectivity index (χ2n) is 7.12. The van der Waals surface area contributed by atoms with Gasteiger partial charge < -0.3 is 21.3 Å². The fraction of sp³-hybridized carbons (Fsp3) is 0.227. The summed E-state index contributed by atoms with van der Waals surface area (Å²) in [7, 11) is 0. The molecule has 0 atom stereocenters. The number of amides is 1. The van der Waals surface area contributed by atoms with Crippen LogP contribution in [-0.4, -0.2) is 42.1 Å². The summed E-state index contributed by atoms with van der Waals surface area (Å²) in [5.41, 5.74) is 9.76. The van der Waals surface area contributed by atoms with E-state index in [0.717, 1.165) is 43.2 Å². The quantitative estimate of drug-likeness (QED) is 0.622. The van der Waals surface area contributed by atoms with Gasteiger partial charge in [0, 0.05) is 49.2 Å². The van der Waals surface area contributed by atoms with Crippen LogP contribution in [0.2, 0.25) is 0 Å². The molecule has 0 radical (unpaired) electrons. The van der Waals surface area contributed by atoms with Crippen molar-refractivity contribution in [3.05, 3.63) is 65.9 Å². The fourth-order valence-electron chi connectivity index (χ4n) is 3.31. The molecular weight excluding hydrogens is 364 g/mol. The molecule has 0 saturated carbocycles. The van der Waals surface area contributed by atoms with Crippen molar-refractivity contribution in [2.45, 2.75) is 6.92 Å². The Bertz CT molecular complexity index is 1010. The van der Waals surface area contributed by atoms with E-state index in [9.17, 15) is 4.79 Å². The first-order valence-electron chi connectivity index (χ1n) is 9.66. The summed E-state index contributed by atoms with van der Waals surface area (Å²) in [5, 5.41) is 6.63. The number of benzene rings is 1. The fourth-order valence-corrected chi connectivity index (χ4v) is 3.31. The zero-order valence-corrected chi connectivity index (χ0v) is 16.4. The van der Waals surface area contributed by atoms with Crippen LogP contribution in [0.25, 0.3) is 11.3 Å². The number of rotatable bonds is 5. The van der Waals surface area contributed by atoms with Gasteiger partial charge in [0.1, 0.15) is 11.6 Å². The van der Waals surface area contributed by atoms with Gasteiger partial charge in [0.15, 0.2) is 0 Å². The SMILES string of the molecule is Cc1ccc(Nc2cc(-c3cc(C(N)=O)cc(N4CCNCC4)n3)ccn2)cc1.